The molecule has 0 fully saturated rings. The van der Waals surface area contributed by atoms with Gasteiger partial charge in [-0.1, -0.05) is 36.4 Å². The van der Waals surface area contributed by atoms with Crippen LogP contribution in [0, 0.1) is 0 Å². The highest BCUT2D eigenvalue weighted by atomic mass is 32.1. The van der Waals surface area contributed by atoms with Crippen LogP contribution in [0.2, 0.25) is 0 Å². The minimum absolute atomic E-state index is 0.340. The molecule has 0 saturated carbocycles. The second-order valence-corrected chi connectivity index (χ2v) is 5.29. The van der Waals surface area contributed by atoms with Crippen LogP contribution in [-0.2, 0) is 14.3 Å². The summed E-state index contributed by atoms with van der Waals surface area (Å²) in [7, 11) is 0. The van der Waals surface area contributed by atoms with E-state index in [1.807, 2.05) is 0 Å². The van der Waals surface area contributed by atoms with Crippen LogP contribution in [-0.4, -0.2) is 24.3 Å². The van der Waals surface area contributed by atoms with Crippen LogP contribution in [0.1, 0.15) is 21.3 Å². The normalized spacial score (nSPS) is 11.5. The molecule has 2 aromatic rings. The first-order valence-corrected chi connectivity index (χ1v) is 7.31. The number of hydrogen-bond acceptors (Lipinski definition) is 5. The van der Waals surface area contributed by atoms with E-state index < -0.39 is 18.0 Å². The molecule has 7 heteroatoms. The van der Waals surface area contributed by atoms with Crippen LogP contribution < -0.4 is 11.1 Å². The molecule has 0 aliphatic rings. The molecule has 22 heavy (non-hydrogen) atoms. The lowest BCUT2D eigenvalue weighted by Gasteiger charge is -2.15. The van der Waals surface area contributed by atoms with Crippen LogP contribution in [0.25, 0.3) is 0 Å². The Balaban J connectivity index is 1.92. The summed E-state index contributed by atoms with van der Waals surface area (Å²) in [5.74, 6) is -1.89. The van der Waals surface area contributed by atoms with Crippen molar-refractivity contribution < 1.29 is 19.1 Å². The van der Waals surface area contributed by atoms with Crippen LogP contribution in [0.5, 0.6) is 0 Å². The Kier molecular flexibility index (Phi) is 5.26. The topological polar surface area (TPSA) is 98.5 Å². The highest BCUT2D eigenvalue weighted by Crippen LogP contribution is 2.16. The maximum Gasteiger partial charge on any atom is 0.326 e. The summed E-state index contributed by atoms with van der Waals surface area (Å²) in [6, 6.07) is 11.8. The molecule has 114 valence electrons. The quantitative estimate of drug-likeness (QED) is 0.783. The number of benzene rings is 1. The van der Waals surface area contributed by atoms with Gasteiger partial charge in [0.15, 0.2) is 0 Å². The zero-order valence-electron chi connectivity index (χ0n) is 11.5. The molecule has 0 aliphatic heterocycles. The molecule has 6 nitrogen and oxygen atoms in total. The Hall–Kier alpha value is -2.67. The van der Waals surface area contributed by atoms with Gasteiger partial charge in [-0.15, -0.1) is 11.3 Å². The molecule has 0 aliphatic carbocycles. The summed E-state index contributed by atoms with van der Waals surface area (Å²) in [4.78, 5) is 35.4. The molecule has 0 bridgehead atoms. The summed E-state index contributed by atoms with van der Waals surface area (Å²) in [5.41, 5.74) is 5.73. The van der Waals surface area contributed by atoms with Crippen LogP contribution in [0.3, 0.4) is 0 Å². The molecular formula is C15H14N2O4S. The maximum atomic E-state index is 11.8. The van der Waals surface area contributed by atoms with E-state index in [-0.39, 0.29) is 12.5 Å². The first kappa shape index (κ1) is 15.7. The number of primary amides is 1. The predicted molar refractivity (Wildman–Crippen MR) is 81.1 cm³/mol. The minimum Gasteiger partial charge on any atom is -0.446 e. The van der Waals surface area contributed by atoms with Crippen molar-refractivity contribution in [2.75, 3.05) is 6.54 Å². The van der Waals surface area contributed by atoms with Gasteiger partial charge in [-0.3, -0.25) is 14.4 Å². The van der Waals surface area contributed by atoms with Crippen molar-refractivity contribution in [1.82, 2.24) is 5.32 Å². The summed E-state index contributed by atoms with van der Waals surface area (Å²) < 4.78 is 5.04. The number of rotatable bonds is 6. The molecule has 2 rings (SSSR count). The van der Waals surface area contributed by atoms with E-state index in [0.717, 1.165) is 0 Å². The summed E-state index contributed by atoms with van der Waals surface area (Å²) >= 11 is 1.26. The number of ether oxygens (including phenoxy) is 1. The number of amides is 2. The van der Waals surface area contributed by atoms with Crippen LogP contribution in [0.15, 0.2) is 47.8 Å². The number of nitrogens with one attached hydrogen (secondary N) is 1. The van der Waals surface area contributed by atoms with Gasteiger partial charge in [-0.05, 0) is 11.4 Å². The number of hydrogen-bond donors (Lipinski definition) is 2. The van der Waals surface area contributed by atoms with Gasteiger partial charge >= 0.3 is 5.97 Å². The van der Waals surface area contributed by atoms with Crippen molar-refractivity contribution in [1.29, 1.82) is 0 Å². The molecule has 1 heterocycles. The molecule has 2 amide bonds. The zero-order valence-corrected chi connectivity index (χ0v) is 12.3. The second-order valence-electron chi connectivity index (χ2n) is 4.34. The zero-order chi connectivity index (χ0) is 15.9. The molecule has 1 aromatic carbocycles. The molecule has 0 spiro atoms. The smallest absolute Gasteiger partial charge is 0.326 e. The Morgan fingerprint density at radius 1 is 1.14 bits per heavy atom. The Labute approximate surface area is 130 Å². The number of carbonyl (C=O) groups excluding carboxylic acids is 3. The summed E-state index contributed by atoms with van der Waals surface area (Å²) in [6.45, 7) is -0.340. The van der Waals surface area contributed by atoms with E-state index in [2.05, 4.69) is 5.32 Å². The molecule has 3 N–H and O–H groups in total. The lowest BCUT2D eigenvalue weighted by molar-refractivity contribution is -0.154. The number of carbonyl (C=O) groups is 3. The molecule has 0 radical (unpaired) electrons. The second kappa shape index (κ2) is 7.37. The molecule has 0 saturated heterocycles. The standard InChI is InChI=1S/C15H14N2O4S/c16-14(19)13(10-5-2-1-3-6-10)21-12(18)9-17-15(20)11-7-4-8-22-11/h1-8,13H,9H2,(H2,16,19)(H,17,20). The average Bonchev–Trinajstić information content (AvgIpc) is 3.05. The highest BCUT2D eigenvalue weighted by molar-refractivity contribution is 7.12. The first-order chi connectivity index (χ1) is 10.6. The Morgan fingerprint density at radius 3 is 2.45 bits per heavy atom. The summed E-state index contributed by atoms with van der Waals surface area (Å²) in [6.07, 6.45) is -1.17. The van der Waals surface area contributed by atoms with E-state index >= 15 is 0 Å². The minimum atomic E-state index is -1.17. The molecule has 1 aromatic heterocycles. The van der Waals surface area contributed by atoms with Gasteiger partial charge in [0.25, 0.3) is 11.8 Å². The van der Waals surface area contributed by atoms with E-state index in [4.69, 9.17) is 10.5 Å². The lowest BCUT2D eigenvalue weighted by atomic mass is 10.1. The maximum absolute atomic E-state index is 11.8. The molecule has 1 unspecified atom stereocenters. The Bertz CT molecular complexity index is 655. The first-order valence-electron chi connectivity index (χ1n) is 6.43. The fourth-order valence-corrected chi connectivity index (χ4v) is 2.38. The Morgan fingerprint density at radius 2 is 1.86 bits per heavy atom. The summed E-state index contributed by atoms with van der Waals surface area (Å²) in [5, 5.41) is 4.18. The van der Waals surface area contributed by atoms with Gasteiger partial charge in [0, 0.05) is 5.56 Å². The van der Waals surface area contributed by atoms with Crippen molar-refractivity contribution in [3.8, 4) is 0 Å². The molecular weight excluding hydrogens is 304 g/mol. The largest absolute Gasteiger partial charge is 0.446 e. The van der Waals surface area contributed by atoms with E-state index in [1.54, 1.807) is 47.8 Å². The molecule has 1 atom stereocenters. The number of nitrogens with two attached hydrogens (primary N) is 1. The van der Waals surface area contributed by atoms with Crippen molar-refractivity contribution in [3.63, 3.8) is 0 Å². The fraction of sp³-hybridized carbons (Fsp3) is 0.133. The van der Waals surface area contributed by atoms with Gasteiger partial charge < -0.3 is 15.8 Å². The van der Waals surface area contributed by atoms with Crippen LogP contribution >= 0.6 is 11.3 Å². The number of thiophene rings is 1. The third-order valence-corrected chi connectivity index (χ3v) is 3.62. The highest BCUT2D eigenvalue weighted by Gasteiger charge is 2.22. The average molecular weight is 318 g/mol. The van der Waals surface area contributed by atoms with Gasteiger partial charge in [0.1, 0.15) is 6.54 Å². The third-order valence-electron chi connectivity index (χ3n) is 2.75. The lowest BCUT2D eigenvalue weighted by Crippen LogP contribution is -2.33. The monoisotopic (exact) mass is 318 g/mol. The van der Waals surface area contributed by atoms with Crippen molar-refractivity contribution in [2.45, 2.75) is 6.10 Å². The van der Waals surface area contributed by atoms with Crippen LogP contribution in [0.4, 0.5) is 0 Å². The van der Waals surface area contributed by atoms with Crippen molar-refractivity contribution in [2.24, 2.45) is 5.73 Å². The van der Waals surface area contributed by atoms with E-state index in [1.165, 1.54) is 11.3 Å². The van der Waals surface area contributed by atoms with Crippen molar-refractivity contribution >= 4 is 29.1 Å². The van der Waals surface area contributed by atoms with Crippen molar-refractivity contribution in [3.05, 3.63) is 58.3 Å². The fourth-order valence-electron chi connectivity index (χ4n) is 1.74. The van der Waals surface area contributed by atoms with Gasteiger partial charge in [0.05, 0.1) is 4.88 Å². The van der Waals surface area contributed by atoms with E-state index in [0.29, 0.717) is 10.4 Å². The van der Waals surface area contributed by atoms with Gasteiger partial charge in [0.2, 0.25) is 6.10 Å². The van der Waals surface area contributed by atoms with Gasteiger partial charge in [-0.25, -0.2) is 0 Å². The predicted octanol–water partition coefficient (Wildman–Crippen LogP) is 1.25. The third kappa shape index (κ3) is 4.16. The van der Waals surface area contributed by atoms with E-state index in [9.17, 15) is 14.4 Å². The van der Waals surface area contributed by atoms with Gasteiger partial charge in [-0.2, -0.15) is 0 Å². The SMILES string of the molecule is NC(=O)C(OC(=O)CNC(=O)c1cccs1)c1ccccc1. The number of esters is 1.